The molecule has 0 aliphatic carbocycles. The maximum absolute atomic E-state index is 12.8. The minimum atomic E-state index is 0.0613. The lowest BCUT2D eigenvalue weighted by Gasteiger charge is -2.35. The van der Waals surface area contributed by atoms with Gasteiger partial charge in [0.15, 0.2) is 0 Å². The second-order valence-electron chi connectivity index (χ2n) is 5.33. The first kappa shape index (κ1) is 14.1. The second kappa shape index (κ2) is 5.53. The number of carbonyl (C=O) groups excluding carboxylic acids is 1. The number of anilines is 2. The molecule has 2 aromatic carbocycles. The minimum Gasteiger partial charge on any atom is -0.371 e. The van der Waals surface area contributed by atoms with Crippen LogP contribution in [-0.2, 0) is 0 Å². The van der Waals surface area contributed by atoms with Crippen LogP contribution in [0.3, 0.4) is 0 Å². The molecule has 108 valence electrons. The van der Waals surface area contributed by atoms with Crippen molar-refractivity contribution in [3.05, 3.63) is 58.1 Å². The molecule has 0 spiro atoms. The predicted molar refractivity (Wildman–Crippen MR) is 90.3 cm³/mol. The Labute approximate surface area is 133 Å². The molecule has 2 aromatic rings. The van der Waals surface area contributed by atoms with Crippen LogP contribution in [0.4, 0.5) is 11.4 Å². The highest BCUT2D eigenvalue weighted by Crippen LogP contribution is 2.33. The molecule has 0 atom stereocenters. The first-order chi connectivity index (χ1) is 10.1. The highest BCUT2D eigenvalue weighted by molar-refractivity contribution is 9.10. The topological polar surface area (TPSA) is 23.6 Å². The standard InChI is InChI=1S/C17H17BrN2O/c1-12-11-13(7-8-14(12)18)17(21)20-10-9-19(2)15-5-3-4-6-16(15)20/h3-8,11H,9-10H2,1-2H3. The molecule has 3 nitrogen and oxygen atoms in total. The van der Waals surface area contributed by atoms with Gasteiger partial charge in [-0.3, -0.25) is 4.79 Å². The molecule has 0 saturated carbocycles. The molecule has 0 bridgehead atoms. The molecule has 1 aliphatic heterocycles. The third kappa shape index (κ3) is 2.56. The fourth-order valence-electron chi connectivity index (χ4n) is 2.65. The maximum Gasteiger partial charge on any atom is 0.258 e. The molecule has 21 heavy (non-hydrogen) atoms. The quantitative estimate of drug-likeness (QED) is 0.784. The van der Waals surface area contributed by atoms with Crippen LogP contribution in [0, 0.1) is 6.92 Å². The van der Waals surface area contributed by atoms with Crippen LogP contribution in [0.2, 0.25) is 0 Å². The average molecular weight is 345 g/mol. The Morgan fingerprint density at radius 2 is 1.81 bits per heavy atom. The molecule has 0 fully saturated rings. The van der Waals surface area contributed by atoms with Crippen molar-refractivity contribution >= 4 is 33.2 Å². The summed E-state index contributed by atoms with van der Waals surface area (Å²) < 4.78 is 1.03. The van der Waals surface area contributed by atoms with Crippen molar-refractivity contribution in [1.82, 2.24) is 0 Å². The summed E-state index contributed by atoms with van der Waals surface area (Å²) >= 11 is 3.48. The van der Waals surface area contributed by atoms with Gasteiger partial charge in [0.25, 0.3) is 5.91 Å². The van der Waals surface area contributed by atoms with Gasteiger partial charge >= 0.3 is 0 Å². The monoisotopic (exact) mass is 344 g/mol. The van der Waals surface area contributed by atoms with Crippen molar-refractivity contribution in [2.24, 2.45) is 0 Å². The summed E-state index contributed by atoms with van der Waals surface area (Å²) in [6.45, 7) is 3.55. The van der Waals surface area contributed by atoms with Crippen LogP contribution in [0.25, 0.3) is 0 Å². The van der Waals surface area contributed by atoms with Gasteiger partial charge in [-0.05, 0) is 42.8 Å². The van der Waals surface area contributed by atoms with E-state index >= 15 is 0 Å². The van der Waals surface area contributed by atoms with E-state index in [9.17, 15) is 4.79 Å². The van der Waals surface area contributed by atoms with Gasteiger partial charge in [0, 0.05) is 30.2 Å². The van der Waals surface area contributed by atoms with Gasteiger partial charge in [-0.25, -0.2) is 0 Å². The first-order valence-electron chi connectivity index (χ1n) is 6.96. The molecule has 0 unspecified atom stereocenters. The van der Waals surface area contributed by atoms with E-state index in [-0.39, 0.29) is 5.91 Å². The molecular formula is C17H17BrN2O. The number of rotatable bonds is 1. The van der Waals surface area contributed by atoms with E-state index in [4.69, 9.17) is 0 Å². The van der Waals surface area contributed by atoms with Crippen molar-refractivity contribution < 1.29 is 4.79 Å². The molecule has 0 aromatic heterocycles. The van der Waals surface area contributed by atoms with Crippen molar-refractivity contribution in [1.29, 1.82) is 0 Å². The lowest BCUT2D eigenvalue weighted by Crippen LogP contribution is -2.42. The van der Waals surface area contributed by atoms with Crippen LogP contribution in [0.5, 0.6) is 0 Å². The van der Waals surface area contributed by atoms with E-state index in [2.05, 4.69) is 33.9 Å². The fourth-order valence-corrected chi connectivity index (χ4v) is 2.90. The van der Waals surface area contributed by atoms with E-state index < -0.39 is 0 Å². The van der Waals surface area contributed by atoms with Gasteiger partial charge in [0.05, 0.1) is 11.4 Å². The van der Waals surface area contributed by atoms with E-state index in [0.717, 1.165) is 33.5 Å². The number of fused-ring (bicyclic) bond motifs is 1. The molecular weight excluding hydrogens is 328 g/mol. The Morgan fingerprint density at radius 1 is 1.10 bits per heavy atom. The van der Waals surface area contributed by atoms with Gasteiger partial charge in [-0.2, -0.15) is 0 Å². The smallest absolute Gasteiger partial charge is 0.258 e. The number of likely N-dealkylation sites (N-methyl/N-ethyl adjacent to an activating group) is 1. The van der Waals surface area contributed by atoms with Crippen molar-refractivity contribution in [2.45, 2.75) is 6.92 Å². The zero-order valence-corrected chi connectivity index (χ0v) is 13.7. The number of amides is 1. The summed E-state index contributed by atoms with van der Waals surface area (Å²) in [4.78, 5) is 16.9. The highest BCUT2D eigenvalue weighted by Gasteiger charge is 2.25. The second-order valence-corrected chi connectivity index (χ2v) is 6.19. The number of para-hydroxylation sites is 2. The van der Waals surface area contributed by atoms with E-state index in [1.54, 1.807) is 0 Å². The Bertz CT molecular complexity index is 699. The van der Waals surface area contributed by atoms with E-state index in [0.29, 0.717) is 6.54 Å². The number of benzene rings is 2. The minimum absolute atomic E-state index is 0.0613. The normalized spacial score (nSPS) is 14.0. The van der Waals surface area contributed by atoms with Gasteiger partial charge in [-0.1, -0.05) is 28.1 Å². The first-order valence-corrected chi connectivity index (χ1v) is 7.75. The SMILES string of the molecule is Cc1cc(C(=O)N2CCN(C)c3ccccc32)ccc1Br. The lowest BCUT2D eigenvalue weighted by atomic mass is 10.1. The van der Waals surface area contributed by atoms with Crippen LogP contribution >= 0.6 is 15.9 Å². The van der Waals surface area contributed by atoms with Crippen LogP contribution in [0.15, 0.2) is 46.9 Å². The Balaban J connectivity index is 1.99. The van der Waals surface area contributed by atoms with Crippen LogP contribution in [0.1, 0.15) is 15.9 Å². The van der Waals surface area contributed by atoms with Crippen molar-refractivity contribution in [3.8, 4) is 0 Å². The van der Waals surface area contributed by atoms with Gasteiger partial charge in [-0.15, -0.1) is 0 Å². The summed E-state index contributed by atoms with van der Waals surface area (Å²) in [5.41, 5.74) is 3.89. The number of hydrogen-bond acceptors (Lipinski definition) is 2. The molecule has 3 rings (SSSR count). The summed E-state index contributed by atoms with van der Waals surface area (Å²) in [5, 5.41) is 0. The number of nitrogens with zero attached hydrogens (tertiary/aromatic N) is 2. The molecule has 0 N–H and O–H groups in total. The highest BCUT2D eigenvalue weighted by atomic mass is 79.9. The van der Waals surface area contributed by atoms with Crippen LogP contribution in [-0.4, -0.2) is 26.0 Å². The Kier molecular flexibility index (Phi) is 3.72. The maximum atomic E-state index is 12.8. The third-order valence-corrected chi connectivity index (χ3v) is 4.78. The summed E-state index contributed by atoms with van der Waals surface area (Å²) in [7, 11) is 2.06. The molecule has 1 aliphatic rings. The van der Waals surface area contributed by atoms with Crippen LogP contribution < -0.4 is 9.80 Å². The number of aryl methyl sites for hydroxylation is 1. The molecule has 1 heterocycles. The Morgan fingerprint density at radius 3 is 2.52 bits per heavy atom. The molecule has 4 heteroatoms. The summed E-state index contributed by atoms with van der Waals surface area (Å²) in [6, 6.07) is 13.8. The number of carbonyl (C=O) groups is 1. The van der Waals surface area contributed by atoms with Gasteiger partial charge in [0.1, 0.15) is 0 Å². The average Bonchev–Trinajstić information content (AvgIpc) is 2.50. The lowest BCUT2D eigenvalue weighted by molar-refractivity contribution is 0.0986. The van der Waals surface area contributed by atoms with Gasteiger partial charge in [0.2, 0.25) is 0 Å². The Hall–Kier alpha value is -1.81. The van der Waals surface area contributed by atoms with Crippen molar-refractivity contribution in [2.75, 3.05) is 29.9 Å². The number of halogens is 1. The van der Waals surface area contributed by atoms with Crippen molar-refractivity contribution in [3.63, 3.8) is 0 Å². The molecule has 0 radical (unpaired) electrons. The largest absolute Gasteiger partial charge is 0.371 e. The molecule has 1 amide bonds. The molecule has 0 saturated heterocycles. The van der Waals surface area contributed by atoms with E-state index in [1.165, 1.54) is 0 Å². The zero-order chi connectivity index (χ0) is 15.0. The predicted octanol–water partition coefficient (Wildman–Crippen LogP) is 3.85. The van der Waals surface area contributed by atoms with Gasteiger partial charge < -0.3 is 9.80 Å². The van der Waals surface area contributed by atoms with E-state index in [1.807, 2.05) is 48.2 Å². The summed E-state index contributed by atoms with van der Waals surface area (Å²) in [6.07, 6.45) is 0. The zero-order valence-electron chi connectivity index (χ0n) is 12.1. The fraction of sp³-hybridized carbons (Fsp3) is 0.235. The number of hydrogen-bond donors (Lipinski definition) is 0. The third-order valence-electron chi connectivity index (χ3n) is 3.89. The summed E-state index contributed by atoms with van der Waals surface area (Å²) in [5.74, 6) is 0.0613.